The van der Waals surface area contributed by atoms with E-state index >= 15 is 0 Å². The molecule has 4 aromatic rings. The number of pyridine rings is 1. The highest BCUT2D eigenvalue weighted by atomic mass is 32.1. The molecule has 0 aliphatic carbocycles. The zero-order chi connectivity index (χ0) is 23.1. The molecule has 1 amide bonds. The Balaban J connectivity index is 1.75. The number of nitrogens with zero attached hydrogens (tertiary/aromatic N) is 1. The first-order chi connectivity index (χ1) is 16.0. The van der Waals surface area contributed by atoms with E-state index in [0.29, 0.717) is 34.9 Å². The number of thiophene rings is 1. The number of H-pyrrole nitrogens is 1. The Morgan fingerprint density at radius 1 is 1.06 bits per heavy atom. The van der Waals surface area contributed by atoms with Crippen LogP contribution in [0.3, 0.4) is 0 Å². The van der Waals surface area contributed by atoms with E-state index in [1.807, 2.05) is 60.8 Å². The van der Waals surface area contributed by atoms with E-state index in [4.69, 9.17) is 9.47 Å². The van der Waals surface area contributed by atoms with Gasteiger partial charge in [-0.1, -0.05) is 17.7 Å². The van der Waals surface area contributed by atoms with Crippen molar-refractivity contribution >= 4 is 28.1 Å². The number of aromatic nitrogens is 1. The summed E-state index contributed by atoms with van der Waals surface area (Å²) in [7, 11) is 3.19. The molecule has 0 spiro atoms. The molecule has 1 N–H and O–H groups in total. The van der Waals surface area contributed by atoms with Crippen molar-refractivity contribution in [3.05, 3.63) is 91.4 Å². The fraction of sp³-hybridized carbons (Fsp3) is 0.231. The van der Waals surface area contributed by atoms with Crippen LogP contribution in [0, 0.1) is 6.92 Å². The van der Waals surface area contributed by atoms with Crippen LogP contribution in [-0.2, 0) is 6.42 Å². The average molecular weight is 461 g/mol. The molecule has 33 heavy (non-hydrogen) atoms. The van der Waals surface area contributed by atoms with Crippen LogP contribution in [0.1, 0.15) is 38.0 Å². The largest absolute Gasteiger partial charge is 0.493 e. The summed E-state index contributed by atoms with van der Waals surface area (Å²) in [5.74, 6) is 1.12. The molecule has 0 fully saturated rings. The molecule has 1 aliphatic rings. The number of hydrogen-bond acceptors (Lipinski definition) is 5. The van der Waals surface area contributed by atoms with E-state index in [1.165, 1.54) is 11.3 Å². The number of aromatic amines is 1. The Labute approximate surface area is 195 Å². The molecule has 6 nitrogen and oxygen atoms in total. The summed E-state index contributed by atoms with van der Waals surface area (Å²) in [4.78, 5) is 32.3. The first kappa shape index (κ1) is 21.3. The SMILES string of the molecule is COc1cc2c(cc1OC)[C@@H](c1cc3cc(C)ccc3[nH]c1=O)N(C(=O)c1cccs1)CC2. The van der Waals surface area contributed by atoms with Gasteiger partial charge in [-0.2, -0.15) is 0 Å². The summed E-state index contributed by atoms with van der Waals surface area (Å²) >= 11 is 1.40. The molecule has 5 rings (SSSR count). The quantitative estimate of drug-likeness (QED) is 0.479. The Morgan fingerprint density at radius 2 is 1.85 bits per heavy atom. The molecule has 2 aromatic heterocycles. The summed E-state index contributed by atoms with van der Waals surface area (Å²) < 4.78 is 11.1. The van der Waals surface area contributed by atoms with Crippen LogP contribution in [0.15, 0.2) is 58.7 Å². The molecule has 0 radical (unpaired) electrons. The number of carbonyl (C=O) groups is 1. The summed E-state index contributed by atoms with van der Waals surface area (Å²) in [5, 5.41) is 2.82. The van der Waals surface area contributed by atoms with E-state index in [-0.39, 0.29) is 11.5 Å². The van der Waals surface area contributed by atoms with Crippen LogP contribution >= 0.6 is 11.3 Å². The third kappa shape index (κ3) is 3.68. The van der Waals surface area contributed by atoms with Gasteiger partial charge in [0.05, 0.1) is 25.1 Å². The molecular formula is C26H24N2O4S. The number of amides is 1. The summed E-state index contributed by atoms with van der Waals surface area (Å²) in [6.45, 7) is 2.51. The van der Waals surface area contributed by atoms with Crippen molar-refractivity contribution in [1.29, 1.82) is 0 Å². The average Bonchev–Trinajstić information content (AvgIpc) is 3.37. The van der Waals surface area contributed by atoms with Gasteiger partial charge in [-0.05, 0) is 71.6 Å². The monoisotopic (exact) mass is 460 g/mol. The number of nitrogens with one attached hydrogen (secondary N) is 1. The lowest BCUT2D eigenvalue weighted by atomic mass is 9.87. The van der Waals surface area contributed by atoms with Crippen LogP contribution < -0.4 is 15.0 Å². The molecule has 1 atom stereocenters. The molecule has 0 unspecified atom stereocenters. The van der Waals surface area contributed by atoms with E-state index in [9.17, 15) is 9.59 Å². The van der Waals surface area contributed by atoms with Crippen molar-refractivity contribution in [3.8, 4) is 11.5 Å². The molecular weight excluding hydrogens is 436 g/mol. The number of fused-ring (bicyclic) bond motifs is 2. The van der Waals surface area contributed by atoms with Gasteiger partial charge in [0, 0.05) is 17.6 Å². The highest BCUT2D eigenvalue weighted by Gasteiger charge is 2.35. The number of ether oxygens (including phenoxy) is 2. The van der Waals surface area contributed by atoms with Crippen molar-refractivity contribution in [2.45, 2.75) is 19.4 Å². The number of hydrogen-bond donors (Lipinski definition) is 1. The van der Waals surface area contributed by atoms with Crippen molar-refractivity contribution < 1.29 is 14.3 Å². The molecule has 1 aliphatic heterocycles. The second kappa shape index (κ2) is 8.41. The van der Waals surface area contributed by atoms with Gasteiger partial charge in [-0.3, -0.25) is 9.59 Å². The normalized spacial score (nSPS) is 15.4. The maximum Gasteiger partial charge on any atom is 0.264 e. The van der Waals surface area contributed by atoms with Gasteiger partial charge in [-0.25, -0.2) is 0 Å². The summed E-state index contributed by atoms with van der Waals surface area (Å²) in [6, 6.07) is 14.8. The van der Waals surface area contributed by atoms with Gasteiger partial charge in [0.25, 0.3) is 11.5 Å². The predicted molar refractivity (Wildman–Crippen MR) is 130 cm³/mol. The Morgan fingerprint density at radius 3 is 2.58 bits per heavy atom. The van der Waals surface area contributed by atoms with Crippen molar-refractivity contribution in [2.24, 2.45) is 0 Å². The zero-order valence-corrected chi connectivity index (χ0v) is 19.5. The summed E-state index contributed by atoms with van der Waals surface area (Å²) in [6.07, 6.45) is 0.661. The second-order valence-electron chi connectivity index (χ2n) is 8.18. The highest BCUT2D eigenvalue weighted by molar-refractivity contribution is 7.12. The maximum absolute atomic E-state index is 13.5. The van der Waals surface area contributed by atoms with Crippen molar-refractivity contribution in [2.75, 3.05) is 20.8 Å². The van der Waals surface area contributed by atoms with Gasteiger partial charge in [0.15, 0.2) is 11.5 Å². The number of methoxy groups -OCH3 is 2. The lowest BCUT2D eigenvalue weighted by Gasteiger charge is -2.37. The van der Waals surface area contributed by atoms with Gasteiger partial charge in [0.2, 0.25) is 0 Å². The Hall–Kier alpha value is -3.58. The topological polar surface area (TPSA) is 71.6 Å². The van der Waals surface area contributed by atoms with Crippen LogP contribution in [0.5, 0.6) is 11.5 Å². The number of rotatable bonds is 4. The van der Waals surface area contributed by atoms with E-state index in [1.54, 1.807) is 19.1 Å². The predicted octanol–water partition coefficient (Wildman–Crippen LogP) is 4.70. The molecule has 7 heteroatoms. The van der Waals surface area contributed by atoms with Crippen molar-refractivity contribution in [1.82, 2.24) is 9.88 Å². The second-order valence-corrected chi connectivity index (χ2v) is 9.13. The van der Waals surface area contributed by atoms with Crippen LogP contribution in [0.2, 0.25) is 0 Å². The van der Waals surface area contributed by atoms with Crippen LogP contribution in [0.4, 0.5) is 0 Å². The first-order valence-corrected chi connectivity index (χ1v) is 11.6. The minimum absolute atomic E-state index is 0.0841. The highest BCUT2D eigenvalue weighted by Crippen LogP contribution is 2.41. The number of aryl methyl sites for hydroxylation is 1. The molecule has 0 saturated carbocycles. The standard InChI is InChI=1S/C26H24N2O4S/c1-15-6-7-20-17(11-15)12-19(25(29)27-20)24-18-14-22(32-3)21(31-2)13-16(18)8-9-28(24)26(30)23-5-4-10-33-23/h4-7,10-14,24H,8-9H2,1-3H3,(H,27,29)/t24-/m0/s1. The van der Waals surface area contributed by atoms with E-state index in [2.05, 4.69) is 4.98 Å². The van der Waals surface area contributed by atoms with Crippen LogP contribution in [-0.4, -0.2) is 36.6 Å². The van der Waals surface area contributed by atoms with E-state index in [0.717, 1.165) is 27.6 Å². The van der Waals surface area contributed by atoms with Crippen molar-refractivity contribution in [3.63, 3.8) is 0 Å². The van der Waals surface area contributed by atoms with E-state index < -0.39 is 6.04 Å². The van der Waals surface area contributed by atoms with Gasteiger partial charge < -0.3 is 19.4 Å². The maximum atomic E-state index is 13.5. The molecule has 168 valence electrons. The fourth-order valence-electron chi connectivity index (χ4n) is 4.59. The van der Waals surface area contributed by atoms with Gasteiger partial charge in [0.1, 0.15) is 0 Å². The third-order valence-electron chi connectivity index (χ3n) is 6.19. The zero-order valence-electron chi connectivity index (χ0n) is 18.7. The minimum atomic E-state index is -0.545. The lowest BCUT2D eigenvalue weighted by Crippen LogP contribution is -2.42. The summed E-state index contributed by atoms with van der Waals surface area (Å²) in [5.41, 5.74) is 4.11. The fourth-order valence-corrected chi connectivity index (χ4v) is 5.27. The molecule has 2 aromatic carbocycles. The van der Waals surface area contributed by atoms with Gasteiger partial charge in [-0.15, -0.1) is 11.3 Å². The lowest BCUT2D eigenvalue weighted by molar-refractivity contribution is 0.0698. The van der Waals surface area contributed by atoms with Gasteiger partial charge >= 0.3 is 0 Å². The molecule has 0 saturated heterocycles. The Kier molecular flexibility index (Phi) is 5.42. The first-order valence-electron chi connectivity index (χ1n) is 10.7. The number of carbonyl (C=O) groups excluding carboxylic acids is 1. The minimum Gasteiger partial charge on any atom is -0.493 e. The Bertz CT molecular complexity index is 1410. The smallest absolute Gasteiger partial charge is 0.264 e. The number of benzene rings is 2. The third-order valence-corrected chi connectivity index (χ3v) is 7.05. The molecule has 0 bridgehead atoms. The molecule has 3 heterocycles. The van der Waals surface area contributed by atoms with Crippen LogP contribution in [0.25, 0.3) is 10.9 Å².